The summed E-state index contributed by atoms with van der Waals surface area (Å²) in [6.07, 6.45) is 5.65. The summed E-state index contributed by atoms with van der Waals surface area (Å²) in [5, 5.41) is 9.67. The van der Waals surface area contributed by atoms with E-state index in [1.807, 2.05) is 42.5 Å². The molecule has 0 unspecified atom stereocenters. The van der Waals surface area contributed by atoms with Crippen molar-refractivity contribution in [1.29, 1.82) is 0 Å². The van der Waals surface area contributed by atoms with Crippen LogP contribution >= 0.6 is 0 Å². The molecule has 0 spiro atoms. The number of benzene rings is 2. The fourth-order valence-corrected chi connectivity index (χ4v) is 3.60. The molecular weight excluding hydrogens is 272 g/mol. The fraction of sp³-hybridized carbons (Fsp3) is 0.350. The molecule has 1 fully saturated rings. The van der Waals surface area contributed by atoms with E-state index in [-0.39, 0.29) is 11.8 Å². The van der Waals surface area contributed by atoms with E-state index in [1.165, 1.54) is 12.0 Å². The van der Waals surface area contributed by atoms with Crippen LogP contribution in [0.3, 0.4) is 0 Å². The van der Waals surface area contributed by atoms with E-state index in [0.717, 1.165) is 36.8 Å². The average Bonchev–Trinajstić information content (AvgIpc) is 2.57. The smallest absolute Gasteiger partial charge is 0.311 e. The zero-order chi connectivity index (χ0) is 15.4. The zero-order valence-electron chi connectivity index (χ0n) is 12.7. The number of rotatable bonds is 4. The van der Waals surface area contributed by atoms with E-state index < -0.39 is 5.97 Å². The Morgan fingerprint density at radius 3 is 2.05 bits per heavy atom. The summed E-state index contributed by atoms with van der Waals surface area (Å²) in [4.78, 5) is 11.8. The van der Waals surface area contributed by atoms with Crippen molar-refractivity contribution in [2.24, 2.45) is 5.92 Å². The molecule has 2 aromatic carbocycles. The van der Waals surface area contributed by atoms with Crippen molar-refractivity contribution >= 4 is 5.97 Å². The van der Waals surface area contributed by atoms with Crippen LogP contribution in [-0.2, 0) is 4.79 Å². The summed E-state index contributed by atoms with van der Waals surface area (Å²) in [7, 11) is 0. The summed E-state index contributed by atoms with van der Waals surface area (Å²) in [6.45, 7) is 0. The maximum Gasteiger partial charge on any atom is 0.311 e. The fourth-order valence-electron chi connectivity index (χ4n) is 3.60. The molecule has 1 aliphatic rings. The van der Waals surface area contributed by atoms with Crippen LogP contribution in [-0.4, -0.2) is 11.1 Å². The maximum absolute atomic E-state index is 11.8. The Hall–Kier alpha value is -2.09. The number of carbonyl (C=O) groups is 1. The Kier molecular flexibility index (Phi) is 4.57. The van der Waals surface area contributed by atoms with Crippen LogP contribution in [0.25, 0.3) is 11.1 Å². The first-order chi connectivity index (χ1) is 10.8. The van der Waals surface area contributed by atoms with Gasteiger partial charge in [-0.25, -0.2) is 0 Å². The molecule has 0 heterocycles. The molecule has 1 N–H and O–H groups in total. The minimum absolute atomic E-state index is 0.286. The SMILES string of the molecule is O=C(O)[C@H](c1ccc(-c2ccccc2)cc1)C1CCCCC1. The quantitative estimate of drug-likeness (QED) is 0.851. The van der Waals surface area contributed by atoms with Crippen molar-refractivity contribution in [3.05, 3.63) is 60.2 Å². The van der Waals surface area contributed by atoms with Gasteiger partial charge in [-0.15, -0.1) is 0 Å². The molecule has 2 heteroatoms. The van der Waals surface area contributed by atoms with Crippen LogP contribution in [0, 0.1) is 5.92 Å². The Balaban J connectivity index is 1.84. The highest BCUT2D eigenvalue weighted by molar-refractivity contribution is 5.77. The summed E-state index contributed by atoms with van der Waals surface area (Å²) in [6, 6.07) is 18.3. The predicted molar refractivity (Wildman–Crippen MR) is 88.8 cm³/mol. The highest BCUT2D eigenvalue weighted by Crippen LogP contribution is 2.36. The first kappa shape index (κ1) is 14.8. The van der Waals surface area contributed by atoms with Gasteiger partial charge in [0.15, 0.2) is 0 Å². The van der Waals surface area contributed by atoms with Gasteiger partial charge in [-0.2, -0.15) is 0 Å². The average molecular weight is 294 g/mol. The Bertz CT molecular complexity index is 610. The van der Waals surface area contributed by atoms with E-state index in [9.17, 15) is 9.90 Å². The Morgan fingerprint density at radius 1 is 0.864 bits per heavy atom. The van der Waals surface area contributed by atoms with Gasteiger partial charge in [0.1, 0.15) is 0 Å². The zero-order valence-corrected chi connectivity index (χ0v) is 12.7. The van der Waals surface area contributed by atoms with Gasteiger partial charge < -0.3 is 5.11 Å². The molecule has 0 aliphatic heterocycles. The molecule has 22 heavy (non-hydrogen) atoms. The lowest BCUT2D eigenvalue weighted by molar-refractivity contribution is -0.140. The number of hydrogen-bond donors (Lipinski definition) is 1. The van der Waals surface area contributed by atoms with Gasteiger partial charge in [-0.05, 0) is 35.4 Å². The van der Waals surface area contributed by atoms with Crippen LogP contribution in [0.2, 0.25) is 0 Å². The largest absolute Gasteiger partial charge is 0.481 e. The molecule has 0 amide bonds. The van der Waals surface area contributed by atoms with Crippen LogP contribution in [0.5, 0.6) is 0 Å². The Labute approximate surface area is 131 Å². The van der Waals surface area contributed by atoms with Crippen molar-refractivity contribution in [3.63, 3.8) is 0 Å². The van der Waals surface area contributed by atoms with Crippen molar-refractivity contribution in [3.8, 4) is 11.1 Å². The summed E-state index contributed by atoms with van der Waals surface area (Å²) < 4.78 is 0. The molecule has 3 rings (SSSR count). The van der Waals surface area contributed by atoms with Gasteiger partial charge in [0.25, 0.3) is 0 Å². The van der Waals surface area contributed by atoms with E-state index in [0.29, 0.717) is 0 Å². The van der Waals surface area contributed by atoms with Crippen molar-refractivity contribution < 1.29 is 9.90 Å². The van der Waals surface area contributed by atoms with Crippen LogP contribution in [0.4, 0.5) is 0 Å². The molecule has 1 saturated carbocycles. The lowest BCUT2D eigenvalue weighted by atomic mass is 9.76. The van der Waals surface area contributed by atoms with Gasteiger partial charge in [-0.1, -0.05) is 73.9 Å². The highest BCUT2D eigenvalue weighted by atomic mass is 16.4. The highest BCUT2D eigenvalue weighted by Gasteiger charge is 2.30. The first-order valence-corrected chi connectivity index (χ1v) is 8.14. The predicted octanol–water partition coefficient (Wildman–Crippen LogP) is 5.10. The molecule has 1 atom stereocenters. The molecular formula is C20H22O2. The standard InChI is InChI=1S/C20H22O2/c21-20(22)19(17-9-5-2-6-10-17)18-13-11-16(12-14-18)15-7-3-1-4-8-15/h1,3-4,7-8,11-14,17,19H,2,5-6,9-10H2,(H,21,22)/t19-/m0/s1. The third-order valence-electron chi connectivity index (χ3n) is 4.76. The second-order valence-corrected chi connectivity index (χ2v) is 6.20. The molecule has 1 aliphatic carbocycles. The second-order valence-electron chi connectivity index (χ2n) is 6.20. The van der Waals surface area contributed by atoms with Crippen molar-refractivity contribution in [2.45, 2.75) is 38.0 Å². The van der Waals surface area contributed by atoms with Gasteiger partial charge in [-0.3, -0.25) is 4.79 Å². The Morgan fingerprint density at radius 2 is 1.45 bits per heavy atom. The lowest BCUT2D eigenvalue weighted by Gasteiger charge is -2.27. The minimum atomic E-state index is -0.681. The summed E-state index contributed by atoms with van der Waals surface area (Å²) in [5.74, 6) is -0.752. The van der Waals surface area contributed by atoms with Crippen LogP contribution < -0.4 is 0 Å². The topological polar surface area (TPSA) is 37.3 Å². The number of carboxylic acids is 1. The monoisotopic (exact) mass is 294 g/mol. The van der Waals surface area contributed by atoms with E-state index in [1.54, 1.807) is 0 Å². The van der Waals surface area contributed by atoms with Gasteiger partial charge in [0.2, 0.25) is 0 Å². The third kappa shape index (κ3) is 3.22. The van der Waals surface area contributed by atoms with Crippen LogP contribution in [0.15, 0.2) is 54.6 Å². The number of aliphatic carboxylic acids is 1. The van der Waals surface area contributed by atoms with Crippen molar-refractivity contribution in [1.82, 2.24) is 0 Å². The van der Waals surface area contributed by atoms with Gasteiger partial charge in [0, 0.05) is 0 Å². The van der Waals surface area contributed by atoms with Gasteiger partial charge in [0.05, 0.1) is 5.92 Å². The molecule has 0 bridgehead atoms. The molecule has 2 nitrogen and oxygen atoms in total. The maximum atomic E-state index is 11.8. The van der Waals surface area contributed by atoms with E-state index in [2.05, 4.69) is 12.1 Å². The van der Waals surface area contributed by atoms with Crippen molar-refractivity contribution in [2.75, 3.05) is 0 Å². The van der Waals surface area contributed by atoms with Crippen LogP contribution in [0.1, 0.15) is 43.6 Å². The summed E-state index contributed by atoms with van der Waals surface area (Å²) in [5.41, 5.74) is 3.25. The lowest BCUT2D eigenvalue weighted by Crippen LogP contribution is -2.23. The molecule has 0 radical (unpaired) electrons. The molecule has 0 aromatic heterocycles. The molecule has 2 aromatic rings. The normalized spacial score (nSPS) is 17.1. The minimum Gasteiger partial charge on any atom is -0.481 e. The number of hydrogen-bond acceptors (Lipinski definition) is 1. The number of carboxylic acid groups (broad SMARTS) is 1. The first-order valence-electron chi connectivity index (χ1n) is 8.14. The molecule has 0 saturated heterocycles. The molecule has 114 valence electrons. The van der Waals surface area contributed by atoms with E-state index >= 15 is 0 Å². The third-order valence-corrected chi connectivity index (χ3v) is 4.76. The van der Waals surface area contributed by atoms with E-state index in [4.69, 9.17) is 0 Å². The van der Waals surface area contributed by atoms with Gasteiger partial charge >= 0.3 is 5.97 Å². The second kappa shape index (κ2) is 6.78. The summed E-state index contributed by atoms with van der Waals surface area (Å²) >= 11 is 0.